The van der Waals surface area contributed by atoms with Gasteiger partial charge >= 0.3 is 0 Å². The van der Waals surface area contributed by atoms with Gasteiger partial charge in [0.1, 0.15) is 26.4 Å². The Labute approximate surface area is 212 Å². The molecule has 0 spiro atoms. The van der Waals surface area contributed by atoms with Crippen molar-refractivity contribution >= 4 is 0 Å². The van der Waals surface area contributed by atoms with E-state index in [4.69, 9.17) is 0 Å². The molecule has 0 radical (unpaired) electrons. The Morgan fingerprint density at radius 2 is 0.350 bits per heavy atom. The van der Waals surface area contributed by atoms with Gasteiger partial charge in [-0.25, -0.2) is 26.3 Å². The fourth-order valence-corrected chi connectivity index (χ4v) is 2.84. The Morgan fingerprint density at radius 3 is 0.525 bits per heavy atom. The monoisotopic (exact) mass is 602 g/mol. The zero-order chi connectivity index (χ0) is 30.0. The number of halogens is 14. The normalized spacial score (nSPS) is 11.2. The average molecular weight is 602 g/mol. The van der Waals surface area contributed by atoms with Crippen LogP contribution in [0.4, 0.5) is 61.5 Å². The van der Waals surface area contributed by atoms with Crippen LogP contribution in [0.3, 0.4) is 0 Å². The first-order chi connectivity index (χ1) is 18.7. The van der Waals surface area contributed by atoms with Gasteiger partial charge in [-0.15, -0.1) is 0 Å². The highest BCUT2D eigenvalue weighted by Gasteiger charge is 2.30. The first-order valence-electron chi connectivity index (χ1n) is 10.1. The second kappa shape index (κ2) is 12.0. The molecule has 0 saturated heterocycles. The molecule has 40 heavy (non-hydrogen) atoms. The van der Waals surface area contributed by atoms with Gasteiger partial charge in [0.25, 0.3) is 0 Å². The summed E-state index contributed by atoms with van der Waals surface area (Å²) in [4.78, 5) is 0. The minimum atomic E-state index is -2.50. The number of benzene rings is 3. The molecule has 0 heterocycles. The van der Waals surface area contributed by atoms with Crippen LogP contribution in [0.1, 0.15) is 0 Å². The Kier molecular flexibility index (Phi) is 9.09. The van der Waals surface area contributed by atoms with E-state index >= 15 is 0 Å². The molecule has 3 aromatic rings. The summed E-state index contributed by atoms with van der Waals surface area (Å²) < 4.78 is 207. The van der Waals surface area contributed by atoms with Gasteiger partial charge in [0.05, 0.1) is 0 Å². The summed E-state index contributed by atoms with van der Waals surface area (Å²) in [5, 5.41) is 0. The van der Waals surface area contributed by atoms with Gasteiger partial charge in [0.2, 0.25) is 81.4 Å². The fourth-order valence-electron chi connectivity index (χ4n) is 2.84. The molecule has 0 bridgehead atoms. The van der Waals surface area contributed by atoms with E-state index < -0.39 is 131 Å². The minimum absolute atomic E-state index is 1.16. The molecule has 18 heteroatoms. The molecular formula is C22H8F14O4. The Hall–Kier alpha value is -4.12. The van der Waals surface area contributed by atoms with Crippen molar-refractivity contribution in [2.75, 3.05) is 26.4 Å². The quantitative estimate of drug-likeness (QED) is 0.114. The second-order valence-corrected chi connectivity index (χ2v) is 7.11. The van der Waals surface area contributed by atoms with E-state index in [0.29, 0.717) is 0 Å². The minimum Gasteiger partial charge on any atom is -0.484 e. The maximum absolute atomic E-state index is 14.2. The van der Waals surface area contributed by atoms with Crippen molar-refractivity contribution in [1.82, 2.24) is 0 Å². The summed E-state index contributed by atoms with van der Waals surface area (Å²) in [5.41, 5.74) is 0. The van der Waals surface area contributed by atoms with Crippen molar-refractivity contribution < 1.29 is 80.4 Å². The first-order valence-corrected chi connectivity index (χ1v) is 10.1. The SMILES string of the molecule is Fc1c(F)c(F)c(OCCOc2c(F)c(F)c(OCCOc3c(F)c(F)c(F)c(F)c3F)c(F)c2F)c(F)c1F. The molecule has 218 valence electrons. The molecule has 0 fully saturated rings. The van der Waals surface area contributed by atoms with Gasteiger partial charge in [-0.2, -0.15) is 35.1 Å². The molecule has 0 aromatic heterocycles. The zero-order valence-corrected chi connectivity index (χ0v) is 18.8. The summed E-state index contributed by atoms with van der Waals surface area (Å²) in [7, 11) is 0. The van der Waals surface area contributed by atoms with Crippen LogP contribution in [-0.4, -0.2) is 26.4 Å². The lowest BCUT2D eigenvalue weighted by Crippen LogP contribution is -2.16. The van der Waals surface area contributed by atoms with Gasteiger partial charge in [0, 0.05) is 0 Å². The van der Waals surface area contributed by atoms with Crippen LogP contribution in [0, 0.1) is 81.4 Å². The van der Waals surface area contributed by atoms with Gasteiger partial charge in [-0.3, -0.25) is 0 Å². The van der Waals surface area contributed by atoms with E-state index in [1.165, 1.54) is 0 Å². The standard InChI is InChI=1S/C22H8F14O4/c23-5-7(25)11(29)19(12(30)8(5)26)37-1-3-39-21-15(33)17(35)22(18(36)16(21)34)40-4-2-38-20-13(31)9(27)6(24)10(28)14(20)32/h1-4H2. The van der Waals surface area contributed by atoms with Crippen molar-refractivity contribution in [3.63, 3.8) is 0 Å². The van der Waals surface area contributed by atoms with Crippen molar-refractivity contribution in [3.8, 4) is 23.0 Å². The molecule has 4 nitrogen and oxygen atoms in total. The van der Waals surface area contributed by atoms with Crippen molar-refractivity contribution in [3.05, 3.63) is 81.4 Å². The summed E-state index contributed by atoms with van der Waals surface area (Å²) in [6.45, 7) is -4.65. The van der Waals surface area contributed by atoms with Crippen LogP contribution in [-0.2, 0) is 0 Å². The van der Waals surface area contributed by atoms with E-state index in [9.17, 15) is 61.5 Å². The van der Waals surface area contributed by atoms with E-state index in [0.717, 1.165) is 0 Å². The number of hydrogen-bond acceptors (Lipinski definition) is 4. The highest BCUT2D eigenvalue weighted by atomic mass is 19.2. The van der Waals surface area contributed by atoms with E-state index in [1.54, 1.807) is 0 Å². The predicted molar refractivity (Wildman–Crippen MR) is 101 cm³/mol. The maximum Gasteiger partial charge on any atom is 0.207 e. The highest BCUT2D eigenvalue weighted by molar-refractivity contribution is 5.38. The third kappa shape index (κ3) is 5.46. The Morgan fingerprint density at radius 1 is 0.225 bits per heavy atom. The first kappa shape index (κ1) is 30.4. The van der Waals surface area contributed by atoms with Crippen LogP contribution in [0.5, 0.6) is 23.0 Å². The molecule has 0 N–H and O–H groups in total. The Bertz CT molecular complexity index is 1270. The summed E-state index contributed by atoms with van der Waals surface area (Å²) in [5.74, 6) is -40.2. The molecule has 0 unspecified atom stereocenters. The summed E-state index contributed by atoms with van der Waals surface area (Å²) in [6.07, 6.45) is 0. The maximum atomic E-state index is 14.2. The fraction of sp³-hybridized carbons (Fsp3) is 0.182. The second-order valence-electron chi connectivity index (χ2n) is 7.11. The largest absolute Gasteiger partial charge is 0.484 e. The molecule has 0 saturated carbocycles. The lowest BCUT2D eigenvalue weighted by molar-refractivity contribution is 0.175. The molecule has 0 aliphatic heterocycles. The van der Waals surface area contributed by atoms with E-state index in [1.807, 2.05) is 0 Å². The smallest absolute Gasteiger partial charge is 0.207 e. The van der Waals surface area contributed by atoms with Crippen LogP contribution >= 0.6 is 0 Å². The number of hydrogen-bond donors (Lipinski definition) is 0. The van der Waals surface area contributed by atoms with Crippen molar-refractivity contribution in [2.45, 2.75) is 0 Å². The Balaban J connectivity index is 1.66. The van der Waals surface area contributed by atoms with Crippen LogP contribution < -0.4 is 18.9 Å². The summed E-state index contributed by atoms with van der Waals surface area (Å²) in [6, 6.07) is 0. The molecular weight excluding hydrogens is 594 g/mol. The third-order valence-electron chi connectivity index (χ3n) is 4.67. The molecule has 0 aliphatic rings. The molecule has 0 aliphatic carbocycles. The lowest BCUT2D eigenvalue weighted by atomic mass is 10.2. The average Bonchev–Trinajstić information content (AvgIpc) is 2.94. The zero-order valence-electron chi connectivity index (χ0n) is 18.8. The topological polar surface area (TPSA) is 36.9 Å². The van der Waals surface area contributed by atoms with Gasteiger partial charge in [-0.05, 0) is 0 Å². The van der Waals surface area contributed by atoms with Gasteiger partial charge in [-0.1, -0.05) is 0 Å². The van der Waals surface area contributed by atoms with E-state index in [2.05, 4.69) is 18.9 Å². The lowest BCUT2D eigenvalue weighted by Gasteiger charge is -2.15. The molecule has 3 rings (SSSR count). The molecule has 3 aromatic carbocycles. The van der Waals surface area contributed by atoms with Crippen molar-refractivity contribution in [2.24, 2.45) is 0 Å². The molecule has 0 amide bonds. The van der Waals surface area contributed by atoms with E-state index in [-0.39, 0.29) is 0 Å². The summed E-state index contributed by atoms with van der Waals surface area (Å²) >= 11 is 0. The van der Waals surface area contributed by atoms with Gasteiger partial charge < -0.3 is 18.9 Å². The van der Waals surface area contributed by atoms with Crippen LogP contribution in [0.15, 0.2) is 0 Å². The predicted octanol–water partition coefficient (Wildman–Crippen LogP) is 6.55. The van der Waals surface area contributed by atoms with Crippen molar-refractivity contribution in [1.29, 1.82) is 0 Å². The number of rotatable bonds is 10. The number of ether oxygens (including phenoxy) is 4. The third-order valence-corrected chi connectivity index (χ3v) is 4.67. The van der Waals surface area contributed by atoms with Crippen LogP contribution in [0.25, 0.3) is 0 Å². The van der Waals surface area contributed by atoms with Crippen LogP contribution in [0.2, 0.25) is 0 Å². The molecule has 0 atom stereocenters. The highest BCUT2D eigenvalue weighted by Crippen LogP contribution is 2.35. The van der Waals surface area contributed by atoms with Gasteiger partial charge in [0.15, 0.2) is 23.0 Å².